The van der Waals surface area contributed by atoms with Crippen molar-refractivity contribution in [3.05, 3.63) is 60.2 Å². The van der Waals surface area contributed by atoms with Crippen LogP contribution in [0.1, 0.15) is 18.4 Å². The molecule has 0 bridgehead atoms. The van der Waals surface area contributed by atoms with E-state index in [1.807, 2.05) is 30.3 Å². The normalized spacial score (nSPS) is 15.4. The predicted molar refractivity (Wildman–Crippen MR) is 119 cm³/mol. The molecule has 1 heterocycles. The molecule has 2 aromatic carbocycles. The second-order valence-corrected chi connectivity index (χ2v) is 6.47. The summed E-state index contributed by atoms with van der Waals surface area (Å²) < 4.78 is 0. The lowest BCUT2D eigenvalue weighted by atomic mass is 9.97. The van der Waals surface area contributed by atoms with Gasteiger partial charge < -0.3 is 21.1 Å². The molecule has 4 N–H and O–H groups in total. The number of benzene rings is 2. The minimum absolute atomic E-state index is 0. The average molecular weight is 466 g/mol. The Morgan fingerprint density at radius 1 is 1.08 bits per heavy atom. The number of guanidine groups is 1. The molecule has 1 fully saturated rings. The maximum atomic E-state index is 9.23. The number of aliphatic hydroxyl groups excluding tert-OH is 1. The van der Waals surface area contributed by atoms with Crippen molar-refractivity contribution in [1.29, 1.82) is 0 Å². The van der Waals surface area contributed by atoms with Crippen molar-refractivity contribution >= 4 is 41.3 Å². The second-order valence-electron chi connectivity index (χ2n) is 6.47. The van der Waals surface area contributed by atoms with Crippen LogP contribution in [0, 0.1) is 5.92 Å². The van der Waals surface area contributed by atoms with Crippen LogP contribution in [0.25, 0.3) is 0 Å². The predicted octanol–water partition coefficient (Wildman–Crippen LogP) is 3.44. The van der Waals surface area contributed by atoms with Gasteiger partial charge >= 0.3 is 0 Å². The molecule has 1 aliphatic rings. The lowest BCUT2D eigenvalue weighted by Gasteiger charge is -2.32. The topological polar surface area (TPSA) is 73.9 Å². The Kier molecular flexibility index (Phi) is 8.18. The summed E-state index contributed by atoms with van der Waals surface area (Å²) in [6, 6.07) is 18.3. The molecular weight excluding hydrogens is 439 g/mol. The number of aliphatic imine (C=N–C) groups is 1. The van der Waals surface area contributed by atoms with E-state index in [0.29, 0.717) is 25.0 Å². The molecule has 26 heavy (non-hydrogen) atoms. The van der Waals surface area contributed by atoms with Gasteiger partial charge in [0.2, 0.25) is 0 Å². The van der Waals surface area contributed by atoms with Gasteiger partial charge in [-0.25, -0.2) is 4.99 Å². The summed E-state index contributed by atoms with van der Waals surface area (Å²) in [5, 5.41) is 12.3. The Morgan fingerprint density at radius 2 is 1.73 bits per heavy atom. The third kappa shape index (κ3) is 5.88. The quantitative estimate of drug-likeness (QED) is 0.359. The van der Waals surface area contributed by atoms with Crippen molar-refractivity contribution in [3.63, 3.8) is 0 Å². The molecule has 5 nitrogen and oxygen atoms in total. The number of nitrogens with zero attached hydrogens (tertiary/aromatic N) is 2. The zero-order chi connectivity index (χ0) is 17.5. The Hall–Kier alpha value is -1.80. The number of nitrogens with one attached hydrogen (secondary N) is 1. The first kappa shape index (κ1) is 20.5. The molecule has 0 unspecified atom stereocenters. The highest BCUT2D eigenvalue weighted by atomic mass is 127. The molecule has 0 aromatic heterocycles. The van der Waals surface area contributed by atoms with Crippen LogP contribution in [0.4, 0.5) is 11.4 Å². The van der Waals surface area contributed by atoms with E-state index in [0.717, 1.165) is 37.2 Å². The van der Waals surface area contributed by atoms with Crippen molar-refractivity contribution in [2.24, 2.45) is 16.6 Å². The van der Waals surface area contributed by atoms with Gasteiger partial charge in [0, 0.05) is 31.1 Å². The highest BCUT2D eigenvalue weighted by molar-refractivity contribution is 14.0. The number of nitrogens with two attached hydrogens (primary N) is 1. The van der Waals surface area contributed by atoms with E-state index in [2.05, 4.69) is 39.5 Å². The number of piperidine rings is 1. The fourth-order valence-corrected chi connectivity index (χ4v) is 3.07. The largest absolute Gasteiger partial charge is 0.396 e. The van der Waals surface area contributed by atoms with Crippen molar-refractivity contribution in [2.75, 3.05) is 29.9 Å². The molecule has 0 aliphatic carbocycles. The Morgan fingerprint density at radius 3 is 2.35 bits per heavy atom. The standard InChI is InChI=1S/C20H26N4O.HI/c21-20(23-18-4-2-1-3-5-18)22-14-16-6-8-19(9-7-16)24-12-10-17(15-25)11-13-24;/h1-9,17,25H,10-15H2,(H3,21,22,23);1H. The molecule has 0 radical (unpaired) electrons. The average Bonchev–Trinajstić information content (AvgIpc) is 2.68. The number of rotatable bonds is 5. The first-order chi connectivity index (χ1) is 12.2. The van der Waals surface area contributed by atoms with E-state index in [1.54, 1.807) is 0 Å². The maximum Gasteiger partial charge on any atom is 0.193 e. The highest BCUT2D eigenvalue weighted by Gasteiger charge is 2.18. The molecule has 1 aliphatic heterocycles. The molecule has 2 aromatic rings. The minimum atomic E-state index is 0. The van der Waals surface area contributed by atoms with Crippen LogP contribution in [-0.2, 0) is 6.54 Å². The second kappa shape index (κ2) is 10.4. The van der Waals surface area contributed by atoms with Crippen molar-refractivity contribution in [2.45, 2.75) is 19.4 Å². The van der Waals surface area contributed by atoms with Crippen molar-refractivity contribution < 1.29 is 5.11 Å². The highest BCUT2D eigenvalue weighted by Crippen LogP contribution is 2.23. The molecular formula is C20H27IN4O. The van der Waals surface area contributed by atoms with E-state index in [9.17, 15) is 5.11 Å². The maximum absolute atomic E-state index is 9.23. The molecule has 0 amide bonds. The van der Waals surface area contributed by atoms with Crippen LogP contribution in [0.5, 0.6) is 0 Å². The van der Waals surface area contributed by atoms with Gasteiger partial charge in [-0.2, -0.15) is 0 Å². The number of aliphatic hydroxyl groups is 1. The van der Waals surface area contributed by atoms with E-state index in [1.165, 1.54) is 5.69 Å². The smallest absolute Gasteiger partial charge is 0.193 e. The zero-order valence-electron chi connectivity index (χ0n) is 14.8. The van der Waals surface area contributed by atoms with Crippen LogP contribution in [0.15, 0.2) is 59.6 Å². The molecule has 1 saturated heterocycles. The van der Waals surface area contributed by atoms with Gasteiger partial charge in [0.15, 0.2) is 5.96 Å². The summed E-state index contributed by atoms with van der Waals surface area (Å²) in [4.78, 5) is 6.77. The molecule has 3 rings (SSSR count). The number of hydrogen-bond acceptors (Lipinski definition) is 3. The van der Waals surface area contributed by atoms with Gasteiger partial charge in [-0.15, -0.1) is 24.0 Å². The van der Waals surface area contributed by atoms with Crippen molar-refractivity contribution in [1.82, 2.24) is 0 Å². The molecule has 6 heteroatoms. The first-order valence-corrected chi connectivity index (χ1v) is 8.81. The first-order valence-electron chi connectivity index (χ1n) is 8.81. The van der Waals surface area contributed by atoms with E-state index in [-0.39, 0.29) is 24.0 Å². The third-order valence-corrected chi connectivity index (χ3v) is 4.65. The van der Waals surface area contributed by atoms with Gasteiger partial charge in [-0.05, 0) is 48.6 Å². The Labute approximate surface area is 172 Å². The van der Waals surface area contributed by atoms with Crippen LogP contribution in [-0.4, -0.2) is 30.8 Å². The van der Waals surface area contributed by atoms with E-state index in [4.69, 9.17) is 5.73 Å². The number of halogens is 1. The van der Waals surface area contributed by atoms with Gasteiger partial charge in [0.05, 0.1) is 6.54 Å². The molecule has 0 spiro atoms. The number of anilines is 2. The van der Waals surface area contributed by atoms with Crippen molar-refractivity contribution in [3.8, 4) is 0 Å². The zero-order valence-corrected chi connectivity index (χ0v) is 17.2. The lowest BCUT2D eigenvalue weighted by molar-refractivity contribution is 0.203. The monoisotopic (exact) mass is 466 g/mol. The fourth-order valence-electron chi connectivity index (χ4n) is 3.07. The van der Waals surface area contributed by atoms with Gasteiger partial charge in [-0.1, -0.05) is 30.3 Å². The summed E-state index contributed by atoms with van der Waals surface area (Å²) in [6.07, 6.45) is 2.12. The van der Waals surface area contributed by atoms with Crippen LogP contribution in [0.2, 0.25) is 0 Å². The van der Waals surface area contributed by atoms with Gasteiger partial charge in [0.1, 0.15) is 0 Å². The Bertz CT molecular complexity index is 683. The fraction of sp³-hybridized carbons (Fsp3) is 0.350. The van der Waals surface area contributed by atoms with Gasteiger partial charge in [-0.3, -0.25) is 0 Å². The van der Waals surface area contributed by atoms with E-state index < -0.39 is 0 Å². The summed E-state index contributed by atoms with van der Waals surface area (Å²) in [6.45, 7) is 2.88. The van der Waals surface area contributed by atoms with E-state index >= 15 is 0 Å². The van der Waals surface area contributed by atoms with Gasteiger partial charge in [0.25, 0.3) is 0 Å². The Balaban J connectivity index is 0.00000243. The van der Waals surface area contributed by atoms with Crippen LogP contribution >= 0.6 is 24.0 Å². The summed E-state index contributed by atoms with van der Waals surface area (Å²) in [5.41, 5.74) is 9.24. The minimum Gasteiger partial charge on any atom is -0.396 e. The summed E-state index contributed by atoms with van der Waals surface area (Å²) in [7, 11) is 0. The number of hydrogen-bond donors (Lipinski definition) is 3. The molecule has 140 valence electrons. The summed E-state index contributed by atoms with van der Waals surface area (Å²) >= 11 is 0. The SMILES string of the molecule is I.NC(=NCc1ccc(N2CCC(CO)CC2)cc1)Nc1ccccc1. The third-order valence-electron chi connectivity index (χ3n) is 4.65. The number of para-hydroxylation sites is 1. The summed E-state index contributed by atoms with van der Waals surface area (Å²) in [5.74, 6) is 0.881. The van der Waals surface area contributed by atoms with Crippen LogP contribution in [0.3, 0.4) is 0 Å². The molecule has 0 atom stereocenters. The molecule has 0 saturated carbocycles. The lowest BCUT2D eigenvalue weighted by Crippen LogP contribution is -2.34. The van der Waals surface area contributed by atoms with Crippen LogP contribution < -0.4 is 16.0 Å².